The molecular formula is C13H19BrN2O2S. The summed E-state index contributed by atoms with van der Waals surface area (Å²) >= 11 is 3.32. The van der Waals surface area contributed by atoms with Gasteiger partial charge in [0.15, 0.2) is 0 Å². The predicted molar refractivity (Wildman–Crippen MR) is 79.3 cm³/mol. The first-order valence-electron chi connectivity index (χ1n) is 6.53. The van der Waals surface area contributed by atoms with E-state index in [-0.39, 0.29) is 6.04 Å². The Hall–Kier alpha value is -0.430. The monoisotopic (exact) mass is 346 g/mol. The van der Waals surface area contributed by atoms with E-state index < -0.39 is 10.0 Å². The molecular weight excluding hydrogens is 328 g/mol. The molecule has 0 aliphatic carbocycles. The summed E-state index contributed by atoms with van der Waals surface area (Å²) in [6.07, 6.45) is 3.65. The Bertz CT molecular complexity index is 514. The Morgan fingerprint density at radius 1 is 1.26 bits per heavy atom. The summed E-state index contributed by atoms with van der Waals surface area (Å²) in [4.78, 5) is 0.361. The molecule has 4 nitrogen and oxygen atoms in total. The molecule has 0 amide bonds. The largest absolute Gasteiger partial charge is 0.330 e. The average molecular weight is 347 g/mol. The molecule has 106 valence electrons. The van der Waals surface area contributed by atoms with Crippen molar-refractivity contribution in [2.75, 3.05) is 13.1 Å². The fourth-order valence-corrected chi connectivity index (χ4v) is 4.50. The van der Waals surface area contributed by atoms with E-state index in [4.69, 9.17) is 5.73 Å². The highest BCUT2D eigenvalue weighted by Gasteiger charge is 2.32. The van der Waals surface area contributed by atoms with Crippen LogP contribution < -0.4 is 5.73 Å². The molecule has 1 saturated heterocycles. The molecule has 1 unspecified atom stereocenters. The number of hydrogen-bond acceptors (Lipinski definition) is 3. The summed E-state index contributed by atoms with van der Waals surface area (Å²) in [6, 6.07) is 6.86. The molecule has 1 fully saturated rings. The summed E-state index contributed by atoms with van der Waals surface area (Å²) in [6.45, 7) is 1.13. The van der Waals surface area contributed by atoms with E-state index in [1.54, 1.807) is 28.6 Å². The van der Waals surface area contributed by atoms with Gasteiger partial charge in [0, 0.05) is 17.1 Å². The smallest absolute Gasteiger partial charge is 0.243 e. The number of rotatable bonds is 4. The van der Waals surface area contributed by atoms with Crippen molar-refractivity contribution < 1.29 is 8.42 Å². The highest BCUT2D eigenvalue weighted by Crippen LogP contribution is 2.27. The maximum absolute atomic E-state index is 12.7. The van der Waals surface area contributed by atoms with Crippen LogP contribution in [0.25, 0.3) is 0 Å². The number of nitrogens with two attached hydrogens (primary N) is 1. The molecule has 6 heteroatoms. The normalized spacial score (nSPS) is 21.5. The summed E-state index contributed by atoms with van der Waals surface area (Å²) < 4.78 is 27.8. The molecule has 2 rings (SSSR count). The minimum Gasteiger partial charge on any atom is -0.330 e. The van der Waals surface area contributed by atoms with Crippen molar-refractivity contribution >= 4 is 26.0 Å². The average Bonchev–Trinajstić information content (AvgIpc) is 2.40. The second-order valence-corrected chi connectivity index (χ2v) is 7.60. The van der Waals surface area contributed by atoms with Crippen LogP contribution in [0.5, 0.6) is 0 Å². The van der Waals surface area contributed by atoms with Crippen molar-refractivity contribution in [2.24, 2.45) is 5.73 Å². The summed E-state index contributed by atoms with van der Waals surface area (Å²) in [5.74, 6) is 0. The van der Waals surface area contributed by atoms with Gasteiger partial charge in [-0.1, -0.05) is 22.4 Å². The standard InChI is InChI=1S/C13H19BrN2O2S/c14-11-4-6-13(7-5-11)19(17,18)16-10-2-1-3-12(16)8-9-15/h4-7,12H,1-3,8-10,15H2. The van der Waals surface area contributed by atoms with E-state index in [0.717, 1.165) is 30.2 Å². The van der Waals surface area contributed by atoms with Gasteiger partial charge < -0.3 is 5.73 Å². The first-order chi connectivity index (χ1) is 9.05. The Kier molecular flexibility index (Phi) is 5.00. The molecule has 1 aliphatic heterocycles. The number of benzene rings is 1. The number of piperidine rings is 1. The zero-order valence-electron chi connectivity index (χ0n) is 10.8. The molecule has 0 bridgehead atoms. The Morgan fingerprint density at radius 2 is 1.95 bits per heavy atom. The minimum absolute atomic E-state index is 0.0485. The number of hydrogen-bond donors (Lipinski definition) is 1. The van der Waals surface area contributed by atoms with Crippen LogP contribution in [0.15, 0.2) is 33.6 Å². The number of halogens is 1. The third-order valence-corrected chi connectivity index (χ3v) is 5.99. The zero-order valence-corrected chi connectivity index (χ0v) is 13.2. The van der Waals surface area contributed by atoms with Gasteiger partial charge in [-0.25, -0.2) is 8.42 Å². The summed E-state index contributed by atoms with van der Waals surface area (Å²) in [7, 11) is -3.39. The van der Waals surface area contributed by atoms with Gasteiger partial charge in [0.05, 0.1) is 4.90 Å². The van der Waals surface area contributed by atoms with E-state index in [0.29, 0.717) is 18.0 Å². The molecule has 1 atom stereocenters. The van der Waals surface area contributed by atoms with E-state index >= 15 is 0 Å². The number of sulfonamides is 1. The molecule has 0 saturated carbocycles. The predicted octanol–water partition coefficient (Wildman–Crippen LogP) is 2.34. The fourth-order valence-electron chi connectivity index (χ4n) is 2.51. The van der Waals surface area contributed by atoms with Gasteiger partial charge in [0.25, 0.3) is 0 Å². The van der Waals surface area contributed by atoms with Crippen LogP contribution >= 0.6 is 15.9 Å². The third kappa shape index (κ3) is 3.37. The van der Waals surface area contributed by atoms with Gasteiger partial charge in [-0.2, -0.15) is 4.31 Å². The van der Waals surface area contributed by atoms with Gasteiger partial charge >= 0.3 is 0 Å². The first kappa shape index (κ1) is 15.0. The maximum atomic E-state index is 12.7. The van der Waals surface area contributed by atoms with Crippen LogP contribution in [0.2, 0.25) is 0 Å². The molecule has 1 heterocycles. The van der Waals surface area contributed by atoms with E-state index in [1.165, 1.54) is 0 Å². The summed E-state index contributed by atoms with van der Waals surface area (Å²) in [5, 5.41) is 0. The van der Waals surface area contributed by atoms with Crippen LogP contribution in [0.3, 0.4) is 0 Å². The van der Waals surface area contributed by atoms with Gasteiger partial charge in [0.1, 0.15) is 0 Å². The maximum Gasteiger partial charge on any atom is 0.243 e. The van der Waals surface area contributed by atoms with Gasteiger partial charge in [-0.3, -0.25) is 0 Å². The molecule has 0 spiro atoms. The first-order valence-corrected chi connectivity index (χ1v) is 8.76. The lowest BCUT2D eigenvalue weighted by atomic mass is 10.0. The molecule has 2 N–H and O–H groups in total. The second kappa shape index (κ2) is 6.35. The van der Waals surface area contributed by atoms with Gasteiger partial charge in [-0.15, -0.1) is 0 Å². The lowest BCUT2D eigenvalue weighted by Gasteiger charge is -2.34. The van der Waals surface area contributed by atoms with Gasteiger partial charge in [0.2, 0.25) is 10.0 Å². The van der Waals surface area contributed by atoms with Crippen molar-refractivity contribution in [3.05, 3.63) is 28.7 Å². The van der Waals surface area contributed by atoms with Crippen LogP contribution in [-0.4, -0.2) is 31.9 Å². The Labute approximate surface area is 123 Å². The topological polar surface area (TPSA) is 63.4 Å². The van der Waals surface area contributed by atoms with Crippen LogP contribution in [0, 0.1) is 0 Å². The lowest BCUT2D eigenvalue weighted by molar-refractivity contribution is 0.243. The highest BCUT2D eigenvalue weighted by atomic mass is 79.9. The molecule has 0 aromatic heterocycles. The van der Waals surface area contributed by atoms with Crippen molar-refractivity contribution in [1.82, 2.24) is 4.31 Å². The lowest BCUT2D eigenvalue weighted by Crippen LogP contribution is -2.44. The Morgan fingerprint density at radius 3 is 2.58 bits per heavy atom. The van der Waals surface area contributed by atoms with E-state index in [2.05, 4.69) is 15.9 Å². The minimum atomic E-state index is -3.39. The second-order valence-electron chi connectivity index (χ2n) is 4.80. The van der Waals surface area contributed by atoms with Crippen molar-refractivity contribution in [3.63, 3.8) is 0 Å². The molecule has 19 heavy (non-hydrogen) atoms. The van der Waals surface area contributed by atoms with E-state index in [1.807, 2.05) is 0 Å². The van der Waals surface area contributed by atoms with Crippen LogP contribution in [0.4, 0.5) is 0 Å². The molecule has 1 aliphatic rings. The van der Waals surface area contributed by atoms with E-state index in [9.17, 15) is 8.42 Å². The Balaban J connectivity index is 2.28. The zero-order chi connectivity index (χ0) is 13.9. The SMILES string of the molecule is NCCC1CCCCN1S(=O)(=O)c1ccc(Br)cc1. The van der Waals surface area contributed by atoms with Crippen LogP contribution in [-0.2, 0) is 10.0 Å². The van der Waals surface area contributed by atoms with Crippen molar-refractivity contribution in [2.45, 2.75) is 36.6 Å². The van der Waals surface area contributed by atoms with Crippen molar-refractivity contribution in [1.29, 1.82) is 0 Å². The fraction of sp³-hybridized carbons (Fsp3) is 0.538. The molecule has 0 radical (unpaired) electrons. The van der Waals surface area contributed by atoms with Crippen molar-refractivity contribution in [3.8, 4) is 0 Å². The number of nitrogens with zero attached hydrogens (tertiary/aromatic N) is 1. The molecule has 1 aromatic rings. The van der Waals surface area contributed by atoms with Crippen LogP contribution in [0.1, 0.15) is 25.7 Å². The highest BCUT2D eigenvalue weighted by molar-refractivity contribution is 9.10. The molecule has 1 aromatic carbocycles. The third-order valence-electron chi connectivity index (χ3n) is 3.49. The quantitative estimate of drug-likeness (QED) is 0.909. The van der Waals surface area contributed by atoms with Gasteiger partial charge in [-0.05, 0) is 50.1 Å². The summed E-state index contributed by atoms with van der Waals surface area (Å²) in [5.41, 5.74) is 5.60.